The molecule has 0 bridgehead atoms. The number of nitrogens with one attached hydrogen (secondary N) is 1. The lowest BCUT2D eigenvalue weighted by Gasteiger charge is -2.12. The SMILES string of the molecule is CCCNCC(O)COc1ccc(Cl)cc1. The first-order valence-electron chi connectivity index (χ1n) is 5.49. The van der Waals surface area contributed by atoms with Crippen LogP contribution in [0.3, 0.4) is 0 Å². The van der Waals surface area contributed by atoms with Crippen LogP contribution in [0.1, 0.15) is 13.3 Å². The standard InChI is InChI=1S/C12H18ClNO2/c1-2-7-14-8-11(15)9-16-12-5-3-10(13)4-6-12/h3-6,11,14-15H,2,7-9H2,1H3. The summed E-state index contributed by atoms with van der Waals surface area (Å²) in [6.45, 7) is 3.85. The van der Waals surface area contributed by atoms with Crippen molar-refractivity contribution in [3.8, 4) is 5.75 Å². The minimum absolute atomic E-state index is 0.290. The maximum absolute atomic E-state index is 9.58. The summed E-state index contributed by atoms with van der Waals surface area (Å²) in [5.41, 5.74) is 0. The largest absolute Gasteiger partial charge is 0.491 e. The molecule has 0 aliphatic rings. The second kappa shape index (κ2) is 7.49. The molecule has 3 nitrogen and oxygen atoms in total. The monoisotopic (exact) mass is 243 g/mol. The first kappa shape index (κ1) is 13.3. The molecule has 1 aromatic rings. The first-order chi connectivity index (χ1) is 7.72. The van der Waals surface area contributed by atoms with Gasteiger partial charge in [-0.3, -0.25) is 0 Å². The molecule has 0 fully saturated rings. The van der Waals surface area contributed by atoms with Crippen molar-refractivity contribution < 1.29 is 9.84 Å². The third-order valence-electron chi connectivity index (χ3n) is 2.06. The van der Waals surface area contributed by atoms with Crippen molar-refractivity contribution in [3.63, 3.8) is 0 Å². The van der Waals surface area contributed by atoms with Crippen LogP contribution in [0.5, 0.6) is 5.75 Å². The Hall–Kier alpha value is -0.770. The number of aliphatic hydroxyl groups is 1. The zero-order chi connectivity index (χ0) is 11.8. The van der Waals surface area contributed by atoms with E-state index in [-0.39, 0.29) is 0 Å². The van der Waals surface area contributed by atoms with Gasteiger partial charge in [0.15, 0.2) is 0 Å². The normalized spacial score (nSPS) is 12.4. The molecule has 0 aromatic heterocycles. The molecule has 1 unspecified atom stereocenters. The van der Waals surface area contributed by atoms with E-state index in [9.17, 15) is 5.11 Å². The first-order valence-corrected chi connectivity index (χ1v) is 5.87. The second-order valence-corrected chi connectivity index (χ2v) is 4.06. The van der Waals surface area contributed by atoms with E-state index in [1.165, 1.54) is 0 Å². The average Bonchev–Trinajstić information content (AvgIpc) is 2.29. The van der Waals surface area contributed by atoms with E-state index in [1.807, 2.05) is 0 Å². The molecule has 1 rings (SSSR count). The smallest absolute Gasteiger partial charge is 0.119 e. The Balaban J connectivity index is 2.20. The number of hydrogen-bond donors (Lipinski definition) is 2. The molecule has 0 aliphatic carbocycles. The lowest BCUT2D eigenvalue weighted by Crippen LogP contribution is -2.31. The van der Waals surface area contributed by atoms with Gasteiger partial charge in [-0.2, -0.15) is 0 Å². The molecule has 1 atom stereocenters. The second-order valence-electron chi connectivity index (χ2n) is 3.62. The van der Waals surface area contributed by atoms with Crippen LogP contribution in [0, 0.1) is 0 Å². The highest BCUT2D eigenvalue weighted by molar-refractivity contribution is 6.30. The van der Waals surface area contributed by atoms with Crippen molar-refractivity contribution in [2.24, 2.45) is 0 Å². The summed E-state index contributed by atoms with van der Waals surface area (Å²) in [7, 11) is 0. The zero-order valence-corrected chi connectivity index (χ0v) is 10.2. The molecule has 0 saturated carbocycles. The highest BCUT2D eigenvalue weighted by Gasteiger charge is 2.04. The van der Waals surface area contributed by atoms with E-state index in [0.29, 0.717) is 18.2 Å². The van der Waals surface area contributed by atoms with Crippen LogP contribution in [0.15, 0.2) is 24.3 Å². The van der Waals surface area contributed by atoms with Gasteiger partial charge in [-0.05, 0) is 37.2 Å². The van der Waals surface area contributed by atoms with Gasteiger partial charge in [-0.25, -0.2) is 0 Å². The molecule has 4 heteroatoms. The predicted molar refractivity (Wildman–Crippen MR) is 66.1 cm³/mol. The van der Waals surface area contributed by atoms with Crippen molar-refractivity contribution >= 4 is 11.6 Å². The van der Waals surface area contributed by atoms with Crippen LogP contribution in [0.2, 0.25) is 5.02 Å². The molecular formula is C12H18ClNO2. The molecule has 0 spiro atoms. The lowest BCUT2D eigenvalue weighted by atomic mass is 10.3. The van der Waals surface area contributed by atoms with Gasteiger partial charge in [-0.15, -0.1) is 0 Å². The van der Waals surface area contributed by atoms with Gasteiger partial charge in [-0.1, -0.05) is 18.5 Å². The van der Waals surface area contributed by atoms with E-state index in [2.05, 4.69) is 12.2 Å². The van der Waals surface area contributed by atoms with E-state index < -0.39 is 6.10 Å². The summed E-state index contributed by atoms with van der Waals surface area (Å²) in [5.74, 6) is 0.721. The number of aliphatic hydroxyl groups excluding tert-OH is 1. The Bertz CT molecular complexity index is 290. The fourth-order valence-corrected chi connectivity index (χ4v) is 1.35. The predicted octanol–water partition coefficient (Wildman–Crippen LogP) is 2.08. The third-order valence-corrected chi connectivity index (χ3v) is 2.31. The van der Waals surface area contributed by atoms with Gasteiger partial charge in [0.05, 0.1) is 0 Å². The fourth-order valence-electron chi connectivity index (χ4n) is 1.23. The molecule has 16 heavy (non-hydrogen) atoms. The summed E-state index contributed by atoms with van der Waals surface area (Å²) in [4.78, 5) is 0. The van der Waals surface area contributed by atoms with Crippen LogP contribution < -0.4 is 10.1 Å². The Morgan fingerprint density at radius 3 is 2.69 bits per heavy atom. The third kappa shape index (κ3) is 5.35. The van der Waals surface area contributed by atoms with Crippen LogP contribution in [-0.4, -0.2) is 30.9 Å². The van der Waals surface area contributed by atoms with E-state index >= 15 is 0 Å². The maximum atomic E-state index is 9.58. The summed E-state index contributed by atoms with van der Waals surface area (Å²) < 4.78 is 5.40. The molecular weight excluding hydrogens is 226 g/mol. The molecule has 2 N–H and O–H groups in total. The lowest BCUT2D eigenvalue weighted by molar-refractivity contribution is 0.106. The van der Waals surface area contributed by atoms with E-state index in [0.717, 1.165) is 18.7 Å². The van der Waals surface area contributed by atoms with Gasteiger partial charge < -0.3 is 15.2 Å². The zero-order valence-electron chi connectivity index (χ0n) is 9.45. The highest BCUT2D eigenvalue weighted by atomic mass is 35.5. The quantitative estimate of drug-likeness (QED) is 0.721. The molecule has 0 heterocycles. The fraction of sp³-hybridized carbons (Fsp3) is 0.500. The van der Waals surface area contributed by atoms with Gasteiger partial charge in [0.1, 0.15) is 18.5 Å². The van der Waals surface area contributed by atoms with Crippen molar-refractivity contribution in [1.29, 1.82) is 0 Å². The van der Waals surface area contributed by atoms with Crippen LogP contribution in [-0.2, 0) is 0 Å². The van der Waals surface area contributed by atoms with E-state index in [1.54, 1.807) is 24.3 Å². The number of rotatable bonds is 7. The molecule has 0 saturated heterocycles. The van der Waals surface area contributed by atoms with Crippen molar-refractivity contribution in [3.05, 3.63) is 29.3 Å². The van der Waals surface area contributed by atoms with Crippen molar-refractivity contribution in [2.75, 3.05) is 19.7 Å². The molecule has 0 amide bonds. The average molecular weight is 244 g/mol. The summed E-state index contributed by atoms with van der Waals surface area (Å²) in [6.07, 6.45) is 0.576. The summed E-state index contributed by atoms with van der Waals surface area (Å²) in [5, 5.41) is 13.4. The van der Waals surface area contributed by atoms with Crippen molar-refractivity contribution in [2.45, 2.75) is 19.4 Å². The van der Waals surface area contributed by atoms with Crippen LogP contribution in [0.25, 0.3) is 0 Å². The molecule has 0 aliphatic heterocycles. The van der Waals surface area contributed by atoms with Gasteiger partial charge in [0.2, 0.25) is 0 Å². The summed E-state index contributed by atoms with van der Waals surface area (Å²) in [6, 6.07) is 7.10. The van der Waals surface area contributed by atoms with Gasteiger partial charge >= 0.3 is 0 Å². The minimum atomic E-state index is -0.484. The molecule has 90 valence electrons. The Morgan fingerprint density at radius 2 is 2.06 bits per heavy atom. The van der Waals surface area contributed by atoms with Crippen LogP contribution >= 0.6 is 11.6 Å². The van der Waals surface area contributed by atoms with Crippen LogP contribution in [0.4, 0.5) is 0 Å². The molecule has 0 radical (unpaired) electrons. The van der Waals surface area contributed by atoms with Gasteiger partial charge in [0, 0.05) is 11.6 Å². The van der Waals surface area contributed by atoms with Gasteiger partial charge in [0.25, 0.3) is 0 Å². The number of benzene rings is 1. The summed E-state index contributed by atoms with van der Waals surface area (Å²) >= 11 is 5.74. The molecule has 1 aromatic carbocycles. The number of hydrogen-bond acceptors (Lipinski definition) is 3. The topological polar surface area (TPSA) is 41.5 Å². The number of halogens is 1. The Labute approximate surface area is 101 Å². The highest BCUT2D eigenvalue weighted by Crippen LogP contribution is 2.15. The Kier molecular flexibility index (Phi) is 6.23. The van der Waals surface area contributed by atoms with E-state index in [4.69, 9.17) is 16.3 Å². The maximum Gasteiger partial charge on any atom is 0.119 e. The minimum Gasteiger partial charge on any atom is -0.491 e. The van der Waals surface area contributed by atoms with Crippen molar-refractivity contribution in [1.82, 2.24) is 5.32 Å². The number of ether oxygens (including phenoxy) is 1. The Morgan fingerprint density at radius 1 is 1.38 bits per heavy atom.